The van der Waals surface area contributed by atoms with Crippen molar-refractivity contribution < 1.29 is 14.1 Å². The van der Waals surface area contributed by atoms with Gasteiger partial charge in [-0.2, -0.15) is 4.57 Å². The highest BCUT2D eigenvalue weighted by molar-refractivity contribution is 7.09. The lowest BCUT2D eigenvalue weighted by atomic mass is 10.1. The molecule has 2 amide bonds. The summed E-state index contributed by atoms with van der Waals surface area (Å²) in [4.78, 5) is 15.8. The smallest absolute Gasteiger partial charge is 0.321 e. The minimum absolute atomic E-state index is 0.122. The number of aryl methyl sites for hydroxylation is 1. The van der Waals surface area contributed by atoms with Gasteiger partial charge in [-0.05, 0) is 43.2 Å². The fourth-order valence-corrected chi connectivity index (χ4v) is 5.58. The number of nitrogens with zero attached hydrogens (tertiary/aromatic N) is 2. The van der Waals surface area contributed by atoms with Crippen LogP contribution in [0.25, 0.3) is 0 Å². The van der Waals surface area contributed by atoms with Gasteiger partial charge in [0.05, 0.1) is 18.0 Å². The summed E-state index contributed by atoms with van der Waals surface area (Å²) in [5.74, 6) is 0.892. The number of thiazole rings is 1. The van der Waals surface area contributed by atoms with Gasteiger partial charge in [0.25, 0.3) is 0 Å². The van der Waals surface area contributed by atoms with Crippen molar-refractivity contribution in [2.75, 3.05) is 18.6 Å². The van der Waals surface area contributed by atoms with E-state index in [1.165, 1.54) is 81.1 Å². The first-order valence-electron chi connectivity index (χ1n) is 15.3. The zero-order chi connectivity index (χ0) is 28.4. The van der Waals surface area contributed by atoms with Crippen molar-refractivity contribution in [1.29, 1.82) is 0 Å². The van der Waals surface area contributed by atoms with Gasteiger partial charge < -0.3 is 10.1 Å². The topological polar surface area (TPSA) is 45.5 Å². The Kier molecular flexibility index (Phi) is 14.6. The molecule has 0 bridgehead atoms. The highest BCUT2D eigenvalue weighted by Crippen LogP contribution is 2.21. The van der Waals surface area contributed by atoms with Gasteiger partial charge in [-0.1, -0.05) is 113 Å². The third-order valence-electron chi connectivity index (χ3n) is 7.32. The molecule has 2 aromatic carbocycles. The molecule has 1 heterocycles. The number of nitrogens with one attached hydrogen (secondary N) is 1. The molecule has 0 aliphatic heterocycles. The van der Waals surface area contributed by atoms with Crippen molar-refractivity contribution in [2.45, 2.75) is 104 Å². The molecule has 5 nitrogen and oxygen atoms in total. The summed E-state index contributed by atoms with van der Waals surface area (Å²) in [5, 5.41) is 2.78. The predicted octanol–water partition coefficient (Wildman–Crippen LogP) is 8.82. The van der Waals surface area contributed by atoms with E-state index in [1.807, 2.05) is 24.3 Å². The van der Waals surface area contributed by atoms with Crippen LogP contribution in [0.4, 0.5) is 10.5 Å². The molecule has 0 saturated carbocycles. The van der Waals surface area contributed by atoms with E-state index >= 15 is 0 Å². The number of urea groups is 1. The second kappa shape index (κ2) is 18.5. The first kappa shape index (κ1) is 31.7. The van der Waals surface area contributed by atoms with E-state index in [1.54, 1.807) is 23.3 Å². The summed E-state index contributed by atoms with van der Waals surface area (Å²) in [5.41, 5.74) is 5.28. The number of amides is 2. The molecule has 1 N–H and O–H groups in total. The summed E-state index contributed by atoms with van der Waals surface area (Å²) in [6.45, 7) is 6.47. The molecule has 0 radical (unpaired) electrons. The standard InChI is InChI=1S/C34H49N3O2S/c1-4-5-6-7-8-9-10-11-12-13-14-15-24-39-33-22-18-31(19-23-33)27-37(34(38)35-3)32-20-16-30(17-21-32)26-36-25-29(2)40-28-36/h16-23,25,28H,4-15,24,26-27H2,1-3H3/p+1. The Morgan fingerprint density at radius 1 is 0.825 bits per heavy atom. The number of hydrogen-bond acceptors (Lipinski definition) is 3. The van der Waals surface area contributed by atoms with Gasteiger partial charge in [-0.3, -0.25) is 4.90 Å². The molecule has 3 aromatic rings. The van der Waals surface area contributed by atoms with Crippen LogP contribution in [0.2, 0.25) is 0 Å². The fraction of sp³-hybridized carbons (Fsp3) is 0.529. The molecule has 0 saturated heterocycles. The molecule has 3 rings (SSSR count). The molecule has 6 heteroatoms. The number of unbranched alkanes of at least 4 members (excludes halogenated alkanes) is 11. The Balaban J connectivity index is 1.36. The van der Waals surface area contributed by atoms with Crippen LogP contribution in [0.3, 0.4) is 0 Å². The first-order chi connectivity index (χ1) is 19.6. The van der Waals surface area contributed by atoms with Crippen LogP contribution >= 0.6 is 11.3 Å². The van der Waals surface area contributed by atoms with E-state index < -0.39 is 0 Å². The third kappa shape index (κ3) is 11.7. The van der Waals surface area contributed by atoms with Crippen LogP contribution in [0.5, 0.6) is 5.75 Å². The van der Waals surface area contributed by atoms with Gasteiger partial charge in [0.15, 0.2) is 12.7 Å². The van der Waals surface area contributed by atoms with E-state index in [2.05, 4.69) is 59.7 Å². The van der Waals surface area contributed by atoms with Crippen LogP contribution in [-0.2, 0) is 13.1 Å². The van der Waals surface area contributed by atoms with E-state index in [4.69, 9.17) is 4.74 Å². The molecule has 40 heavy (non-hydrogen) atoms. The maximum absolute atomic E-state index is 12.7. The van der Waals surface area contributed by atoms with E-state index in [9.17, 15) is 4.79 Å². The summed E-state index contributed by atoms with van der Waals surface area (Å²) in [7, 11) is 1.67. The molecule has 1 aromatic heterocycles. The molecule has 218 valence electrons. The maximum Gasteiger partial charge on any atom is 0.321 e. The first-order valence-corrected chi connectivity index (χ1v) is 16.2. The molecule has 0 spiro atoms. The second-order valence-electron chi connectivity index (χ2n) is 10.8. The molecule has 0 aliphatic rings. The Morgan fingerprint density at radius 3 is 1.95 bits per heavy atom. The number of anilines is 1. The summed E-state index contributed by atoms with van der Waals surface area (Å²) < 4.78 is 8.17. The molecule has 0 unspecified atom stereocenters. The fourth-order valence-electron chi connectivity index (χ4n) is 4.94. The lowest BCUT2D eigenvalue weighted by molar-refractivity contribution is -0.683. The maximum atomic E-state index is 12.7. The zero-order valence-electron chi connectivity index (χ0n) is 25.0. The SMILES string of the molecule is CCCCCCCCCCCCCCOc1ccc(CN(C(=O)NC)c2ccc(C[n+]3csc(C)c3)cc2)cc1. The Bertz CT molecular complexity index is 1100. The van der Waals surface area contributed by atoms with Crippen molar-refractivity contribution >= 4 is 23.1 Å². The van der Waals surface area contributed by atoms with E-state index in [0.29, 0.717) is 6.54 Å². The van der Waals surface area contributed by atoms with Gasteiger partial charge in [0.1, 0.15) is 5.75 Å². The predicted molar refractivity (Wildman–Crippen MR) is 168 cm³/mol. The van der Waals surface area contributed by atoms with E-state index in [-0.39, 0.29) is 6.03 Å². The third-order valence-corrected chi connectivity index (χ3v) is 8.18. The van der Waals surface area contributed by atoms with Crippen molar-refractivity contribution in [3.8, 4) is 5.75 Å². The molecule has 0 fully saturated rings. The van der Waals surface area contributed by atoms with Crippen molar-refractivity contribution in [3.05, 3.63) is 76.2 Å². The van der Waals surface area contributed by atoms with Crippen molar-refractivity contribution in [1.82, 2.24) is 5.32 Å². The minimum atomic E-state index is -0.122. The number of rotatable bonds is 19. The Labute approximate surface area is 246 Å². The second-order valence-corrected chi connectivity index (χ2v) is 11.9. The number of hydrogen-bond donors (Lipinski definition) is 1. The summed E-state index contributed by atoms with van der Waals surface area (Å²) in [6, 6.07) is 16.3. The summed E-state index contributed by atoms with van der Waals surface area (Å²) in [6.07, 6.45) is 18.3. The number of ether oxygens (including phenoxy) is 1. The average Bonchev–Trinajstić information content (AvgIpc) is 3.39. The minimum Gasteiger partial charge on any atom is -0.494 e. The van der Waals surface area contributed by atoms with Gasteiger partial charge in [-0.15, -0.1) is 0 Å². The summed E-state index contributed by atoms with van der Waals surface area (Å²) >= 11 is 1.75. The van der Waals surface area contributed by atoms with Gasteiger partial charge in [0.2, 0.25) is 5.51 Å². The Hall–Kier alpha value is -2.86. The highest BCUT2D eigenvalue weighted by Gasteiger charge is 2.16. The van der Waals surface area contributed by atoms with Gasteiger partial charge in [-0.25, -0.2) is 4.79 Å². The van der Waals surface area contributed by atoms with Crippen LogP contribution in [0.1, 0.15) is 100.0 Å². The number of carbonyl (C=O) groups excluding carboxylic acids is 1. The van der Waals surface area contributed by atoms with Crippen molar-refractivity contribution in [2.24, 2.45) is 0 Å². The average molecular weight is 565 g/mol. The van der Waals surface area contributed by atoms with Crippen LogP contribution < -0.4 is 19.5 Å². The van der Waals surface area contributed by atoms with Crippen LogP contribution in [0, 0.1) is 6.92 Å². The largest absolute Gasteiger partial charge is 0.494 e. The van der Waals surface area contributed by atoms with Crippen LogP contribution in [-0.4, -0.2) is 19.7 Å². The molecular weight excluding hydrogens is 514 g/mol. The molecule has 0 aliphatic carbocycles. The van der Waals surface area contributed by atoms with Gasteiger partial charge in [0, 0.05) is 18.3 Å². The molecule has 0 atom stereocenters. The molecular formula is C34H50N3O2S+. The zero-order valence-corrected chi connectivity index (χ0v) is 25.8. The quantitative estimate of drug-likeness (QED) is 0.117. The number of aromatic nitrogens is 1. The van der Waals surface area contributed by atoms with Crippen molar-refractivity contribution in [3.63, 3.8) is 0 Å². The van der Waals surface area contributed by atoms with Crippen LogP contribution in [0.15, 0.2) is 60.2 Å². The number of benzene rings is 2. The number of carbonyl (C=O) groups is 1. The highest BCUT2D eigenvalue weighted by atomic mass is 32.1. The van der Waals surface area contributed by atoms with E-state index in [0.717, 1.165) is 36.6 Å². The normalized spacial score (nSPS) is 11.0. The van der Waals surface area contributed by atoms with Gasteiger partial charge >= 0.3 is 6.03 Å². The lowest BCUT2D eigenvalue weighted by Gasteiger charge is -2.23. The monoisotopic (exact) mass is 564 g/mol. The Morgan fingerprint density at radius 2 is 1.40 bits per heavy atom. The lowest BCUT2D eigenvalue weighted by Crippen LogP contribution is -2.37.